The van der Waals surface area contributed by atoms with E-state index in [2.05, 4.69) is 36.2 Å². The van der Waals surface area contributed by atoms with E-state index in [1.54, 1.807) is 0 Å². The van der Waals surface area contributed by atoms with E-state index >= 15 is 0 Å². The molecule has 1 saturated heterocycles. The van der Waals surface area contributed by atoms with Crippen LogP contribution in [0.5, 0.6) is 0 Å². The molecule has 0 aromatic heterocycles. The first-order valence-corrected chi connectivity index (χ1v) is 7.33. The summed E-state index contributed by atoms with van der Waals surface area (Å²) in [5.41, 5.74) is 2.39. The lowest BCUT2D eigenvalue weighted by molar-refractivity contribution is -0.137. The number of carbonyl (C=O) groups is 1. The number of nitrogens with zero attached hydrogens (tertiary/aromatic N) is 1. The van der Waals surface area contributed by atoms with Crippen molar-refractivity contribution in [3.8, 4) is 0 Å². The zero-order valence-electron chi connectivity index (χ0n) is 11.7. The maximum atomic E-state index is 12.8. The molecule has 3 rings (SSSR count). The van der Waals surface area contributed by atoms with Gasteiger partial charge in [0.05, 0.1) is 0 Å². The lowest BCUT2D eigenvalue weighted by Crippen LogP contribution is -2.52. The van der Waals surface area contributed by atoms with E-state index in [1.807, 2.05) is 12.1 Å². The minimum absolute atomic E-state index is 0.0691. The Labute approximate surface area is 115 Å². The van der Waals surface area contributed by atoms with Crippen LogP contribution >= 0.6 is 0 Å². The van der Waals surface area contributed by atoms with Gasteiger partial charge in [-0.15, -0.1) is 0 Å². The minimum atomic E-state index is -0.0691. The number of amides is 1. The minimum Gasteiger partial charge on any atom is -0.373 e. The zero-order chi connectivity index (χ0) is 13.4. The normalized spacial score (nSPS) is 29.8. The molecule has 1 amide bonds. The molecule has 1 aromatic rings. The quantitative estimate of drug-likeness (QED) is 0.840. The summed E-state index contributed by atoms with van der Waals surface area (Å²) in [7, 11) is 0. The average Bonchev–Trinajstić information content (AvgIpc) is 2.82. The molecule has 3 nitrogen and oxygen atoms in total. The van der Waals surface area contributed by atoms with E-state index < -0.39 is 0 Å². The summed E-state index contributed by atoms with van der Waals surface area (Å²) in [5.74, 6) is 0.274. The van der Waals surface area contributed by atoms with Crippen LogP contribution in [0, 0.1) is 0 Å². The van der Waals surface area contributed by atoms with E-state index in [1.165, 1.54) is 12.0 Å². The molecule has 3 atom stereocenters. The number of hydrogen-bond donors (Lipinski definition) is 1. The van der Waals surface area contributed by atoms with Crippen LogP contribution in [0.15, 0.2) is 24.3 Å². The molecule has 102 valence electrons. The van der Waals surface area contributed by atoms with Crippen molar-refractivity contribution in [1.29, 1.82) is 0 Å². The molecule has 0 saturated carbocycles. The summed E-state index contributed by atoms with van der Waals surface area (Å²) in [4.78, 5) is 14.9. The van der Waals surface area contributed by atoms with Gasteiger partial charge in [-0.3, -0.25) is 4.79 Å². The van der Waals surface area contributed by atoms with Crippen molar-refractivity contribution in [2.75, 3.05) is 5.32 Å². The number of likely N-dealkylation sites (tertiary alicyclic amines) is 1. The maximum Gasteiger partial charge on any atom is 0.245 e. The summed E-state index contributed by atoms with van der Waals surface area (Å²) in [6.45, 7) is 4.35. The standard InChI is InChI=1S/C16H22N2O/c1-11-6-5-7-12(2)18(11)16(19)15-10-13-8-3-4-9-14(13)17-15/h3-4,8-9,11-12,15,17H,5-7,10H2,1-2H3/t11?,12?,15-/m0/s1. The van der Waals surface area contributed by atoms with Crippen LogP contribution < -0.4 is 5.32 Å². The number of rotatable bonds is 1. The van der Waals surface area contributed by atoms with Crippen LogP contribution in [-0.4, -0.2) is 28.9 Å². The summed E-state index contributed by atoms with van der Waals surface area (Å²) in [6, 6.07) is 8.92. The van der Waals surface area contributed by atoms with Crippen LogP contribution in [0.4, 0.5) is 5.69 Å². The number of carbonyl (C=O) groups excluding carboxylic acids is 1. The Kier molecular flexibility index (Phi) is 3.21. The molecule has 1 fully saturated rings. The van der Waals surface area contributed by atoms with Gasteiger partial charge in [0.2, 0.25) is 5.91 Å². The third-order valence-corrected chi connectivity index (χ3v) is 4.52. The van der Waals surface area contributed by atoms with Crippen molar-refractivity contribution >= 4 is 11.6 Å². The molecule has 1 N–H and O–H groups in total. The number of anilines is 1. The molecule has 1 aromatic carbocycles. The van der Waals surface area contributed by atoms with Gasteiger partial charge >= 0.3 is 0 Å². The molecule has 19 heavy (non-hydrogen) atoms. The molecule has 0 radical (unpaired) electrons. The van der Waals surface area contributed by atoms with Crippen molar-refractivity contribution in [3.63, 3.8) is 0 Å². The molecule has 2 aliphatic heterocycles. The predicted molar refractivity (Wildman–Crippen MR) is 77.2 cm³/mol. The van der Waals surface area contributed by atoms with Gasteiger partial charge in [0.1, 0.15) is 6.04 Å². The average molecular weight is 258 g/mol. The summed E-state index contributed by atoms with van der Waals surface area (Å²) >= 11 is 0. The van der Waals surface area contributed by atoms with Gasteiger partial charge in [0.25, 0.3) is 0 Å². The topological polar surface area (TPSA) is 32.3 Å². The van der Waals surface area contributed by atoms with E-state index in [0.29, 0.717) is 12.1 Å². The monoisotopic (exact) mass is 258 g/mol. The van der Waals surface area contributed by atoms with Crippen LogP contribution in [0.25, 0.3) is 0 Å². The second-order valence-corrected chi connectivity index (χ2v) is 5.93. The Balaban J connectivity index is 1.75. The SMILES string of the molecule is CC1CCCC(C)N1C(=O)[C@@H]1Cc2ccccc2N1. The number of fused-ring (bicyclic) bond motifs is 1. The van der Waals surface area contributed by atoms with Crippen molar-refractivity contribution < 1.29 is 4.79 Å². The van der Waals surface area contributed by atoms with E-state index in [0.717, 1.165) is 24.9 Å². The number of benzene rings is 1. The van der Waals surface area contributed by atoms with Gasteiger partial charge in [-0.2, -0.15) is 0 Å². The molecular weight excluding hydrogens is 236 g/mol. The molecule has 2 heterocycles. The van der Waals surface area contributed by atoms with Gasteiger partial charge in [0.15, 0.2) is 0 Å². The Bertz CT molecular complexity index is 450. The lowest BCUT2D eigenvalue weighted by atomic mass is 9.96. The fourth-order valence-corrected chi connectivity index (χ4v) is 3.48. The van der Waals surface area contributed by atoms with Crippen molar-refractivity contribution in [3.05, 3.63) is 29.8 Å². The highest BCUT2D eigenvalue weighted by atomic mass is 16.2. The smallest absolute Gasteiger partial charge is 0.245 e. The molecule has 0 spiro atoms. The number of hydrogen-bond acceptors (Lipinski definition) is 2. The van der Waals surface area contributed by atoms with Gasteiger partial charge in [-0.1, -0.05) is 18.2 Å². The predicted octanol–water partition coefficient (Wildman–Crippen LogP) is 2.81. The summed E-state index contributed by atoms with van der Waals surface area (Å²) in [5, 5.41) is 3.38. The molecule has 2 unspecified atom stereocenters. The number of nitrogens with one attached hydrogen (secondary N) is 1. The first kappa shape index (κ1) is 12.5. The zero-order valence-corrected chi connectivity index (χ0v) is 11.7. The van der Waals surface area contributed by atoms with Crippen LogP contribution in [0.2, 0.25) is 0 Å². The molecule has 2 aliphatic rings. The molecule has 0 bridgehead atoms. The molecule has 3 heteroatoms. The highest BCUT2D eigenvalue weighted by Crippen LogP contribution is 2.29. The Hall–Kier alpha value is -1.51. The third kappa shape index (κ3) is 2.22. The Morgan fingerprint density at radius 3 is 2.58 bits per heavy atom. The second kappa shape index (κ2) is 4.87. The Morgan fingerprint density at radius 1 is 1.21 bits per heavy atom. The summed E-state index contributed by atoms with van der Waals surface area (Å²) < 4.78 is 0. The van der Waals surface area contributed by atoms with Gasteiger partial charge in [0, 0.05) is 24.2 Å². The van der Waals surface area contributed by atoms with E-state index in [-0.39, 0.29) is 11.9 Å². The summed E-state index contributed by atoms with van der Waals surface area (Å²) in [6.07, 6.45) is 4.33. The van der Waals surface area contributed by atoms with Crippen molar-refractivity contribution in [1.82, 2.24) is 4.90 Å². The van der Waals surface area contributed by atoms with Crippen LogP contribution in [-0.2, 0) is 11.2 Å². The Morgan fingerprint density at radius 2 is 1.89 bits per heavy atom. The fraction of sp³-hybridized carbons (Fsp3) is 0.562. The lowest BCUT2D eigenvalue weighted by Gasteiger charge is -2.40. The van der Waals surface area contributed by atoms with Crippen molar-refractivity contribution in [2.24, 2.45) is 0 Å². The van der Waals surface area contributed by atoms with Crippen LogP contribution in [0.1, 0.15) is 38.7 Å². The molecular formula is C16H22N2O. The highest BCUT2D eigenvalue weighted by molar-refractivity contribution is 5.88. The number of piperidine rings is 1. The largest absolute Gasteiger partial charge is 0.373 e. The van der Waals surface area contributed by atoms with E-state index in [9.17, 15) is 4.79 Å². The van der Waals surface area contributed by atoms with Gasteiger partial charge < -0.3 is 10.2 Å². The number of para-hydroxylation sites is 1. The third-order valence-electron chi connectivity index (χ3n) is 4.52. The van der Waals surface area contributed by atoms with Gasteiger partial charge in [-0.25, -0.2) is 0 Å². The van der Waals surface area contributed by atoms with Crippen molar-refractivity contribution in [2.45, 2.75) is 57.7 Å². The first-order chi connectivity index (χ1) is 9.16. The van der Waals surface area contributed by atoms with Gasteiger partial charge in [-0.05, 0) is 44.7 Å². The maximum absolute atomic E-state index is 12.8. The second-order valence-electron chi connectivity index (χ2n) is 5.93. The highest BCUT2D eigenvalue weighted by Gasteiger charge is 2.35. The first-order valence-electron chi connectivity index (χ1n) is 7.33. The fourth-order valence-electron chi connectivity index (χ4n) is 3.48. The molecule has 0 aliphatic carbocycles. The van der Waals surface area contributed by atoms with E-state index in [4.69, 9.17) is 0 Å². The van der Waals surface area contributed by atoms with Crippen LogP contribution in [0.3, 0.4) is 0 Å².